The third-order valence-corrected chi connectivity index (χ3v) is 6.58. The molecule has 0 radical (unpaired) electrons. The molecule has 2 aromatic carbocycles. The van der Waals surface area contributed by atoms with Gasteiger partial charge in [0.1, 0.15) is 11.8 Å². The fourth-order valence-electron chi connectivity index (χ4n) is 4.04. The van der Waals surface area contributed by atoms with Crippen LogP contribution < -0.4 is 19.6 Å². The molecule has 0 aliphatic carbocycles. The molecule has 35 heavy (non-hydrogen) atoms. The Bertz CT molecular complexity index is 1460. The second-order valence-electron chi connectivity index (χ2n) is 8.42. The number of nitrogens with zero attached hydrogens (tertiary/aromatic N) is 2. The summed E-state index contributed by atoms with van der Waals surface area (Å²) in [6, 6.07) is 16.9. The molecule has 0 spiro atoms. The zero-order valence-electron chi connectivity index (χ0n) is 20.2. The molecular weight excluding hydrogens is 460 g/mol. The standard InChI is InChI=1S/C28H28N2O4S/c1-18(2)34-22-16-10-9-15-21(22)25-24(27(32)33-4)19(3)29-28-30(25)26(31)23(35-28)17-11-8-14-20-12-6-5-7-13-20/h5-13,15-18,25H,14H2,1-4H3/b11-8-,23-17-/t25-/m1/s1. The van der Waals surface area contributed by atoms with Gasteiger partial charge in [-0.15, -0.1) is 0 Å². The van der Waals surface area contributed by atoms with Gasteiger partial charge in [0.15, 0.2) is 4.80 Å². The maximum atomic E-state index is 13.6. The Balaban J connectivity index is 1.83. The average Bonchev–Trinajstić information content (AvgIpc) is 3.16. The zero-order chi connectivity index (χ0) is 24.9. The number of methoxy groups -OCH3 is 1. The van der Waals surface area contributed by atoms with E-state index in [4.69, 9.17) is 9.47 Å². The largest absolute Gasteiger partial charge is 0.491 e. The monoisotopic (exact) mass is 488 g/mol. The Labute approximate surface area is 208 Å². The van der Waals surface area contributed by atoms with E-state index in [1.54, 1.807) is 17.6 Å². The van der Waals surface area contributed by atoms with Crippen LogP contribution in [0.15, 0.2) is 87.8 Å². The van der Waals surface area contributed by atoms with Crippen LogP contribution in [0.4, 0.5) is 0 Å². The maximum absolute atomic E-state index is 13.6. The van der Waals surface area contributed by atoms with Crippen molar-refractivity contribution in [3.05, 3.63) is 109 Å². The number of hydrogen-bond acceptors (Lipinski definition) is 6. The van der Waals surface area contributed by atoms with Crippen LogP contribution >= 0.6 is 11.3 Å². The van der Waals surface area contributed by atoms with Crippen LogP contribution in [-0.2, 0) is 16.0 Å². The van der Waals surface area contributed by atoms with Crippen molar-refractivity contribution < 1.29 is 14.3 Å². The van der Waals surface area contributed by atoms with E-state index in [0.717, 1.165) is 6.42 Å². The summed E-state index contributed by atoms with van der Waals surface area (Å²) in [6.07, 6.45) is 6.40. The van der Waals surface area contributed by atoms with Gasteiger partial charge < -0.3 is 9.47 Å². The number of para-hydroxylation sites is 1. The van der Waals surface area contributed by atoms with E-state index >= 15 is 0 Å². The normalized spacial score (nSPS) is 15.9. The van der Waals surface area contributed by atoms with E-state index in [1.807, 2.05) is 68.5 Å². The van der Waals surface area contributed by atoms with Gasteiger partial charge in [0.2, 0.25) is 0 Å². The summed E-state index contributed by atoms with van der Waals surface area (Å²) in [5.41, 5.74) is 2.54. The van der Waals surface area contributed by atoms with Crippen molar-refractivity contribution in [2.24, 2.45) is 4.99 Å². The summed E-state index contributed by atoms with van der Waals surface area (Å²) < 4.78 is 13.2. The molecule has 0 N–H and O–H groups in total. The van der Waals surface area contributed by atoms with Crippen molar-refractivity contribution in [1.82, 2.24) is 4.57 Å². The molecule has 2 heterocycles. The quantitative estimate of drug-likeness (QED) is 0.473. The third-order valence-electron chi connectivity index (χ3n) is 5.58. The molecule has 1 aliphatic rings. The van der Waals surface area contributed by atoms with E-state index < -0.39 is 12.0 Å². The number of allylic oxidation sites excluding steroid dienone is 3. The molecule has 0 fully saturated rings. The number of hydrogen-bond donors (Lipinski definition) is 0. The van der Waals surface area contributed by atoms with E-state index in [0.29, 0.717) is 31.9 Å². The number of thiazole rings is 1. The van der Waals surface area contributed by atoms with Crippen molar-refractivity contribution in [3.8, 4) is 5.75 Å². The Hall–Kier alpha value is -3.71. The van der Waals surface area contributed by atoms with Crippen molar-refractivity contribution in [3.63, 3.8) is 0 Å². The molecule has 180 valence electrons. The van der Waals surface area contributed by atoms with Crippen LogP contribution in [0.3, 0.4) is 0 Å². The van der Waals surface area contributed by atoms with Crippen LogP contribution in [-0.4, -0.2) is 23.8 Å². The second-order valence-corrected chi connectivity index (χ2v) is 9.43. The molecule has 4 rings (SSSR count). The van der Waals surface area contributed by atoms with Gasteiger partial charge in [-0.3, -0.25) is 9.36 Å². The van der Waals surface area contributed by atoms with Crippen LogP contribution in [0.25, 0.3) is 6.08 Å². The number of fused-ring (bicyclic) bond motifs is 1. The topological polar surface area (TPSA) is 69.9 Å². The first-order chi connectivity index (χ1) is 16.9. The number of carbonyl (C=O) groups excluding carboxylic acids is 1. The number of ether oxygens (including phenoxy) is 2. The van der Waals surface area contributed by atoms with Crippen LogP contribution in [0.2, 0.25) is 0 Å². The molecule has 1 aromatic heterocycles. The first-order valence-corrected chi connectivity index (χ1v) is 12.3. The Morgan fingerprint density at radius 2 is 1.86 bits per heavy atom. The lowest BCUT2D eigenvalue weighted by molar-refractivity contribution is -0.136. The van der Waals surface area contributed by atoms with Crippen molar-refractivity contribution >= 4 is 23.4 Å². The summed E-state index contributed by atoms with van der Waals surface area (Å²) in [5, 5.41) is 0. The second kappa shape index (κ2) is 10.7. The smallest absolute Gasteiger partial charge is 0.338 e. The highest BCUT2D eigenvalue weighted by Crippen LogP contribution is 2.36. The summed E-state index contributed by atoms with van der Waals surface area (Å²) in [4.78, 5) is 31.6. The lowest BCUT2D eigenvalue weighted by atomic mass is 9.95. The van der Waals surface area contributed by atoms with E-state index in [9.17, 15) is 9.59 Å². The fraction of sp³-hybridized carbons (Fsp3) is 0.250. The van der Waals surface area contributed by atoms with Crippen LogP contribution in [0.1, 0.15) is 37.9 Å². The van der Waals surface area contributed by atoms with Gasteiger partial charge in [-0.2, -0.15) is 0 Å². The SMILES string of the molecule is COC(=O)C1=C(C)N=c2s/c(=C\C=C/Cc3ccccc3)c(=O)n2[C@@H]1c1ccccc1OC(C)C. The molecule has 1 atom stereocenters. The maximum Gasteiger partial charge on any atom is 0.338 e. The van der Waals surface area contributed by atoms with Gasteiger partial charge in [-0.1, -0.05) is 72.0 Å². The minimum Gasteiger partial charge on any atom is -0.491 e. The Morgan fingerprint density at radius 3 is 2.57 bits per heavy atom. The number of esters is 1. The van der Waals surface area contributed by atoms with Gasteiger partial charge in [-0.25, -0.2) is 9.79 Å². The molecule has 1 aliphatic heterocycles. The highest BCUT2D eigenvalue weighted by molar-refractivity contribution is 7.07. The van der Waals surface area contributed by atoms with Gasteiger partial charge in [-0.05, 0) is 44.9 Å². The van der Waals surface area contributed by atoms with Gasteiger partial charge in [0.25, 0.3) is 5.56 Å². The van der Waals surface area contributed by atoms with Crippen molar-refractivity contribution in [1.29, 1.82) is 0 Å². The summed E-state index contributed by atoms with van der Waals surface area (Å²) in [5.74, 6) is 0.0913. The summed E-state index contributed by atoms with van der Waals surface area (Å²) in [6.45, 7) is 5.64. The van der Waals surface area contributed by atoms with Gasteiger partial charge >= 0.3 is 5.97 Å². The molecule has 0 unspecified atom stereocenters. The van der Waals surface area contributed by atoms with E-state index in [-0.39, 0.29) is 11.7 Å². The first kappa shape index (κ1) is 24.4. The zero-order valence-corrected chi connectivity index (χ0v) is 21.0. The number of rotatable bonds is 7. The van der Waals surface area contributed by atoms with Crippen molar-refractivity contribution in [2.75, 3.05) is 7.11 Å². The van der Waals surface area contributed by atoms with E-state index in [1.165, 1.54) is 24.0 Å². The molecule has 6 nitrogen and oxygen atoms in total. The van der Waals surface area contributed by atoms with Gasteiger partial charge in [0, 0.05) is 5.56 Å². The number of aromatic nitrogens is 1. The molecule has 0 amide bonds. The van der Waals surface area contributed by atoms with E-state index in [2.05, 4.69) is 17.1 Å². The first-order valence-electron chi connectivity index (χ1n) is 11.5. The molecule has 3 aromatic rings. The number of carbonyl (C=O) groups is 1. The molecule has 0 saturated carbocycles. The van der Waals surface area contributed by atoms with Crippen LogP contribution in [0.5, 0.6) is 5.75 Å². The van der Waals surface area contributed by atoms with Crippen molar-refractivity contribution in [2.45, 2.75) is 39.3 Å². The average molecular weight is 489 g/mol. The molecule has 7 heteroatoms. The lowest BCUT2D eigenvalue weighted by Gasteiger charge is -2.26. The predicted molar refractivity (Wildman–Crippen MR) is 138 cm³/mol. The van der Waals surface area contributed by atoms with Crippen LogP contribution in [0, 0.1) is 0 Å². The third kappa shape index (κ3) is 5.20. The number of benzene rings is 2. The Kier molecular flexibility index (Phi) is 7.46. The van der Waals surface area contributed by atoms with Gasteiger partial charge in [0.05, 0.1) is 29.0 Å². The Morgan fingerprint density at radius 1 is 1.14 bits per heavy atom. The summed E-state index contributed by atoms with van der Waals surface area (Å²) >= 11 is 1.30. The summed E-state index contributed by atoms with van der Waals surface area (Å²) in [7, 11) is 1.33. The lowest BCUT2D eigenvalue weighted by Crippen LogP contribution is -2.40. The fourth-order valence-corrected chi connectivity index (χ4v) is 5.04. The molecular formula is C28H28N2O4S. The molecule has 0 saturated heterocycles. The minimum absolute atomic E-state index is 0.0756. The highest BCUT2D eigenvalue weighted by atomic mass is 32.1. The molecule has 0 bridgehead atoms. The predicted octanol–water partition coefficient (Wildman–Crippen LogP) is 3.95. The minimum atomic E-state index is -0.705. The highest BCUT2D eigenvalue weighted by Gasteiger charge is 2.34.